The van der Waals surface area contributed by atoms with Crippen molar-refractivity contribution in [2.75, 3.05) is 0 Å². The van der Waals surface area contributed by atoms with Gasteiger partial charge >= 0.3 is 12.1 Å². The first-order valence-electron chi connectivity index (χ1n) is 6.97. The maximum Gasteiger partial charge on any atom is 0.408 e. The molecule has 1 amide bonds. The fourth-order valence-corrected chi connectivity index (χ4v) is 1.79. The Balaban J connectivity index is 2.56. The molecule has 0 aliphatic rings. The first-order chi connectivity index (χ1) is 9.67. The molecule has 116 valence electrons. The number of ether oxygens (including phenoxy) is 1. The second kappa shape index (κ2) is 7.11. The van der Waals surface area contributed by atoms with Gasteiger partial charge in [-0.15, -0.1) is 0 Å². The van der Waals surface area contributed by atoms with E-state index >= 15 is 0 Å². The predicted octanol–water partition coefficient (Wildman–Crippen LogP) is 3.29. The predicted molar refractivity (Wildman–Crippen MR) is 80.2 cm³/mol. The van der Waals surface area contributed by atoms with Gasteiger partial charge in [0.25, 0.3) is 0 Å². The summed E-state index contributed by atoms with van der Waals surface area (Å²) >= 11 is 0. The van der Waals surface area contributed by atoms with E-state index in [9.17, 15) is 9.59 Å². The van der Waals surface area contributed by atoms with Crippen LogP contribution >= 0.6 is 0 Å². The number of hydrogen-bond donors (Lipinski definition) is 2. The summed E-state index contributed by atoms with van der Waals surface area (Å²) in [4.78, 5) is 22.2. The van der Waals surface area contributed by atoms with E-state index in [1.807, 2.05) is 52.0 Å². The van der Waals surface area contributed by atoms with Crippen molar-refractivity contribution in [1.29, 1.82) is 0 Å². The lowest BCUT2D eigenvalue weighted by Gasteiger charge is -2.22. The molecule has 0 aliphatic carbocycles. The maximum absolute atomic E-state index is 11.7. The quantitative estimate of drug-likeness (QED) is 0.873. The molecule has 2 N–H and O–H groups in total. The molecule has 0 radical (unpaired) electrons. The van der Waals surface area contributed by atoms with Crippen LogP contribution in [0.25, 0.3) is 0 Å². The van der Waals surface area contributed by atoms with Crippen molar-refractivity contribution in [1.82, 2.24) is 5.32 Å². The molecule has 0 unspecified atom stereocenters. The van der Waals surface area contributed by atoms with E-state index < -0.39 is 17.7 Å². The van der Waals surface area contributed by atoms with E-state index in [2.05, 4.69) is 5.32 Å². The number of benzene rings is 1. The van der Waals surface area contributed by atoms with E-state index in [4.69, 9.17) is 9.84 Å². The molecule has 0 saturated carbocycles. The summed E-state index contributed by atoms with van der Waals surface area (Å²) < 4.78 is 5.20. The molecule has 0 fully saturated rings. The van der Waals surface area contributed by atoms with Gasteiger partial charge in [0, 0.05) is 6.42 Å². The van der Waals surface area contributed by atoms with E-state index in [0.29, 0.717) is 6.42 Å². The molecule has 1 atom stereocenters. The number of carboxylic acids is 1. The number of amides is 1. The van der Waals surface area contributed by atoms with Gasteiger partial charge in [-0.1, -0.05) is 24.3 Å². The Bertz CT molecular complexity index is 488. The van der Waals surface area contributed by atoms with Crippen LogP contribution in [0, 0.1) is 0 Å². The fraction of sp³-hybridized carbons (Fsp3) is 0.500. The third-order valence-electron chi connectivity index (χ3n) is 2.84. The van der Waals surface area contributed by atoms with Crippen LogP contribution in [0.5, 0.6) is 0 Å². The second-order valence-electron chi connectivity index (χ2n) is 6.00. The highest BCUT2D eigenvalue weighted by Gasteiger charge is 2.18. The summed E-state index contributed by atoms with van der Waals surface area (Å²) in [6.45, 7) is 7.31. The molecular weight excluding hydrogens is 270 g/mol. The highest BCUT2D eigenvalue weighted by atomic mass is 16.6. The molecule has 5 nitrogen and oxygen atoms in total. The van der Waals surface area contributed by atoms with Crippen LogP contribution in [0.3, 0.4) is 0 Å². The SMILES string of the molecule is C[C@H](NC(=O)OC(C)(C)C)c1ccc(CCC(=O)O)cc1. The number of rotatable bonds is 5. The molecule has 0 saturated heterocycles. The van der Waals surface area contributed by atoms with Gasteiger partial charge in [0.05, 0.1) is 6.04 Å². The number of aryl methyl sites for hydroxylation is 1. The van der Waals surface area contributed by atoms with Crippen molar-refractivity contribution in [3.8, 4) is 0 Å². The molecular formula is C16H23NO4. The van der Waals surface area contributed by atoms with Crippen molar-refractivity contribution in [3.63, 3.8) is 0 Å². The van der Waals surface area contributed by atoms with Gasteiger partial charge < -0.3 is 15.2 Å². The van der Waals surface area contributed by atoms with Crippen LogP contribution in [-0.2, 0) is 16.0 Å². The van der Waals surface area contributed by atoms with Gasteiger partial charge in [0.1, 0.15) is 5.60 Å². The molecule has 0 aliphatic heterocycles. The average molecular weight is 293 g/mol. The van der Waals surface area contributed by atoms with Gasteiger partial charge in [-0.05, 0) is 45.2 Å². The zero-order chi connectivity index (χ0) is 16.0. The minimum Gasteiger partial charge on any atom is -0.481 e. The van der Waals surface area contributed by atoms with Crippen molar-refractivity contribution in [2.24, 2.45) is 0 Å². The maximum atomic E-state index is 11.7. The number of carbonyl (C=O) groups is 2. The highest BCUT2D eigenvalue weighted by molar-refractivity contribution is 5.68. The Morgan fingerprint density at radius 2 is 1.81 bits per heavy atom. The van der Waals surface area contributed by atoms with Crippen LogP contribution in [0.15, 0.2) is 24.3 Å². The summed E-state index contributed by atoms with van der Waals surface area (Å²) in [6, 6.07) is 7.36. The Morgan fingerprint density at radius 3 is 2.29 bits per heavy atom. The Hall–Kier alpha value is -2.04. The normalized spacial score (nSPS) is 12.6. The van der Waals surface area contributed by atoms with E-state index in [1.165, 1.54) is 0 Å². The molecule has 5 heteroatoms. The van der Waals surface area contributed by atoms with Crippen LogP contribution < -0.4 is 5.32 Å². The molecule has 21 heavy (non-hydrogen) atoms. The van der Waals surface area contributed by atoms with E-state index in [1.54, 1.807) is 0 Å². The van der Waals surface area contributed by atoms with Gasteiger partial charge in [0.2, 0.25) is 0 Å². The highest BCUT2D eigenvalue weighted by Crippen LogP contribution is 2.15. The van der Waals surface area contributed by atoms with Crippen LogP contribution in [-0.4, -0.2) is 22.8 Å². The zero-order valence-electron chi connectivity index (χ0n) is 13.0. The third-order valence-corrected chi connectivity index (χ3v) is 2.84. The molecule has 0 spiro atoms. The second-order valence-corrected chi connectivity index (χ2v) is 6.00. The average Bonchev–Trinajstić information content (AvgIpc) is 2.34. The first kappa shape index (κ1) is 17.0. The van der Waals surface area contributed by atoms with Crippen LogP contribution in [0.2, 0.25) is 0 Å². The van der Waals surface area contributed by atoms with Gasteiger partial charge in [-0.2, -0.15) is 0 Å². The topological polar surface area (TPSA) is 75.6 Å². The molecule has 0 bridgehead atoms. The van der Waals surface area contributed by atoms with Crippen molar-refractivity contribution in [2.45, 2.75) is 52.2 Å². The molecule has 1 aromatic carbocycles. The van der Waals surface area contributed by atoms with Crippen molar-refractivity contribution in [3.05, 3.63) is 35.4 Å². The van der Waals surface area contributed by atoms with Crippen molar-refractivity contribution >= 4 is 12.1 Å². The minimum absolute atomic E-state index is 0.116. The lowest BCUT2D eigenvalue weighted by molar-refractivity contribution is -0.136. The third kappa shape index (κ3) is 6.79. The first-order valence-corrected chi connectivity index (χ1v) is 6.97. The summed E-state index contributed by atoms with van der Waals surface area (Å²) in [7, 11) is 0. The number of aliphatic carboxylic acids is 1. The Labute approximate surface area is 125 Å². The molecule has 1 rings (SSSR count). The van der Waals surface area contributed by atoms with Gasteiger partial charge in [-0.3, -0.25) is 4.79 Å². The van der Waals surface area contributed by atoms with Gasteiger partial charge in [0.15, 0.2) is 0 Å². The number of alkyl carbamates (subject to hydrolysis) is 1. The molecule has 0 heterocycles. The summed E-state index contributed by atoms with van der Waals surface area (Å²) in [6.07, 6.45) is 0.166. The van der Waals surface area contributed by atoms with Crippen molar-refractivity contribution < 1.29 is 19.4 Å². The van der Waals surface area contributed by atoms with Gasteiger partial charge in [-0.25, -0.2) is 4.79 Å². The Kier molecular flexibility index (Phi) is 5.76. The molecule has 0 aromatic heterocycles. The largest absolute Gasteiger partial charge is 0.481 e. The number of carbonyl (C=O) groups excluding carboxylic acids is 1. The standard InChI is InChI=1S/C16H23NO4/c1-11(17-15(20)21-16(2,3)4)13-8-5-12(6-9-13)7-10-14(18)19/h5-6,8-9,11H,7,10H2,1-4H3,(H,17,20)(H,18,19)/t11-/m0/s1. The summed E-state index contributed by atoms with van der Waals surface area (Å²) in [5.74, 6) is -0.806. The minimum atomic E-state index is -0.806. The Morgan fingerprint density at radius 1 is 1.24 bits per heavy atom. The van der Waals surface area contributed by atoms with E-state index in [0.717, 1.165) is 11.1 Å². The lowest BCUT2D eigenvalue weighted by atomic mass is 10.0. The number of nitrogens with one attached hydrogen (secondary N) is 1. The fourth-order valence-electron chi connectivity index (χ4n) is 1.79. The number of hydrogen-bond acceptors (Lipinski definition) is 3. The molecule has 1 aromatic rings. The lowest BCUT2D eigenvalue weighted by Crippen LogP contribution is -2.34. The van der Waals surface area contributed by atoms with Crippen LogP contribution in [0.4, 0.5) is 4.79 Å². The zero-order valence-corrected chi connectivity index (χ0v) is 13.0. The van der Waals surface area contributed by atoms with Crippen LogP contribution in [0.1, 0.15) is 51.3 Å². The number of carboxylic acid groups (broad SMARTS) is 1. The summed E-state index contributed by atoms with van der Waals surface area (Å²) in [5, 5.41) is 11.4. The smallest absolute Gasteiger partial charge is 0.408 e. The monoisotopic (exact) mass is 293 g/mol. The van der Waals surface area contributed by atoms with E-state index in [-0.39, 0.29) is 12.5 Å². The summed E-state index contributed by atoms with van der Waals surface area (Å²) in [5.41, 5.74) is 1.38.